The van der Waals surface area contributed by atoms with Crippen molar-refractivity contribution in [1.29, 1.82) is 0 Å². The lowest BCUT2D eigenvalue weighted by molar-refractivity contribution is 0.285. The van der Waals surface area contributed by atoms with E-state index in [-0.39, 0.29) is 0 Å². The number of nitrogens with one attached hydrogen (secondary N) is 1. The minimum atomic E-state index is 0.307. The van der Waals surface area contributed by atoms with Gasteiger partial charge in [-0.3, -0.25) is 0 Å². The molecule has 0 heterocycles. The first-order valence-electron chi connectivity index (χ1n) is 5.38. The lowest BCUT2D eigenvalue weighted by Gasteiger charge is -2.28. The Balaban J connectivity index is 2.55. The Morgan fingerprint density at radius 3 is 2.40 bits per heavy atom. The fourth-order valence-electron chi connectivity index (χ4n) is 1.21. The molecule has 1 atom stereocenters. The number of hydrogen-bond donors (Lipinski definition) is 1. The molecule has 1 aromatic carbocycles. The van der Waals surface area contributed by atoms with Crippen LogP contribution in [0.3, 0.4) is 0 Å². The van der Waals surface area contributed by atoms with Crippen molar-refractivity contribution in [1.82, 2.24) is 5.32 Å². The molecule has 2 heteroatoms. The summed E-state index contributed by atoms with van der Waals surface area (Å²) in [6, 6.07) is 8.85. The Bertz CT molecular complexity index is 315. The van der Waals surface area contributed by atoms with Crippen LogP contribution in [-0.2, 0) is 6.54 Å². The molecule has 0 amide bonds. The van der Waals surface area contributed by atoms with Crippen LogP contribution in [0.5, 0.6) is 0 Å². The van der Waals surface area contributed by atoms with Crippen molar-refractivity contribution >= 4 is 15.9 Å². The quantitative estimate of drug-likeness (QED) is 0.876. The topological polar surface area (TPSA) is 12.0 Å². The maximum absolute atomic E-state index is 3.56. The van der Waals surface area contributed by atoms with Gasteiger partial charge in [-0.25, -0.2) is 0 Å². The fourth-order valence-corrected chi connectivity index (χ4v) is 1.64. The molecule has 1 rings (SSSR count). The molecule has 0 saturated carbocycles. The average molecular weight is 270 g/mol. The second kappa shape index (κ2) is 5.13. The van der Waals surface area contributed by atoms with Crippen molar-refractivity contribution < 1.29 is 0 Å². The maximum Gasteiger partial charge on any atom is 0.0220 e. The normalized spacial score (nSPS) is 13.9. The molecule has 0 radical (unpaired) electrons. The van der Waals surface area contributed by atoms with E-state index >= 15 is 0 Å². The van der Waals surface area contributed by atoms with Crippen LogP contribution in [0.2, 0.25) is 0 Å². The van der Waals surface area contributed by atoms with Crippen molar-refractivity contribution in [2.75, 3.05) is 0 Å². The second-order valence-corrected chi connectivity index (χ2v) is 5.91. The summed E-state index contributed by atoms with van der Waals surface area (Å²) in [4.78, 5) is 0. The van der Waals surface area contributed by atoms with E-state index in [1.165, 1.54) is 10.0 Å². The van der Waals surface area contributed by atoms with Gasteiger partial charge in [0, 0.05) is 17.1 Å². The van der Waals surface area contributed by atoms with Crippen LogP contribution >= 0.6 is 15.9 Å². The summed E-state index contributed by atoms with van der Waals surface area (Å²) in [5.41, 5.74) is 1.62. The molecule has 0 fully saturated rings. The minimum absolute atomic E-state index is 0.307. The molecule has 1 N–H and O–H groups in total. The molecule has 1 unspecified atom stereocenters. The summed E-state index contributed by atoms with van der Waals surface area (Å²) in [5, 5.41) is 3.55. The van der Waals surface area contributed by atoms with Crippen LogP contribution in [0.4, 0.5) is 0 Å². The molecule has 0 aromatic heterocycles. The number of benzene rings is 1. The van der Waals surface area contributed by atoms with Gasteiger partial charge in [0.15, 0.2) is 0 Å². The third kappa shape index (κ3) is 3.96. The van der Waals surface area contributed by atoms with Crippen molar-refractivity contribution in [3.8, 4) is 0 Å². The highest BCUT2D eigenvalue weighted by Crippen LogP contribution is 2.20. The zero-order valence-electron chi connectivity index (χ0n) is 9.97. The summed E-state index contributed by atoms with van der Waals surface area (Å²) < 4.78 is 1.18. The van der Waals surface area contributed by atoms with Gasteiger partial charge in [0.1, 0.15) is 0 Å². The third-order valence-corrected chi connectivity index (χ3v) is 3.63. The Morgan fingerprint density at radius 2 is 1.87 bits per heavy atom. The molecule has 0 aliphatic carbocycles. The van der Waals surface area contributed by atoms with E-state index in [1.807, 2.05) is 6.07 Å². The smallest absolute Gasteiger partial charge is 0.0220 e. The lowest BCUT2D eigenvalue weighted by Crippen LogP contribution is -2.37. The Morgan fingerprint density at radius 1 is 1.27 bits per heavy atom. The largest absolute Gasteiger partial charge is 0.310 e. The third-order valence-electron chi connectivity index (χ3n) is 2.86. The summed E-state index contributed by atoms with van der Waals surface area (Å²) in [6.07, 6.45) is 0. The van der Waals surface area contributed by atoms with Crippen LogP contribution in [-0.4, -0.2) is 6.04 Å². The molecule has 0 bridgehead atoms. The highest BCUT2D eigenvalue weighted by atomic mass is 79.9. The van der Waals surface area contributed by atoms with Crippen LogP contribution in [0.15, 0.2) is 28.7 Å². The molecule has 0 aliphatic heterocycles. The highest BCUT2D eigenvalue weighted by Gasteiger charge is 2.19. The Labute approximate surface area is 101 Å². The van der Waals surface area contributed by atoms with Gasteiger partial charge in [-0.2, -0.15) is 0 Å². The first-order chi connectivity index (χ1) is 6.91. The molecule has 0 saturated heterocycles. The van der Waals surface area contributed by atoms with Crippen molar-refractivity contribution in [2.24, 2.45) is 5.41 Å². The molecule has 1 aromatic rings. The standard InChI is InChI=1S/C13H20BrN/c1-10(13(2,3)4)15-9-11-7-5-6-8-12(11)14/h5-8,10,15H,9H2,1-4H3. The molecular formula is C13H20BrN. The van der Waals surface area contributed by atoms with E-state index < -0.39 is 0 Å². The van der Waals surface area contributed by atoms with Gasteiger partial charge >= 0.3 is 0 Å². The zero-order valence-corrected chi connectivity index (χ0v) is 11.6. The number of halogens is 1. The lowest BCUT2D eigenvalue weighted by atomic mass is 9.88. The summed E-state index contributed by atoms with van der Waals surface area (Å²) in [5.74, 6) is 0. The second-order valence-electron chi connectivity index (χ2n) is 5.06. The van der Waals surface area contributed by atoms with Gasteiger partial charge in [0.25, 0.3) is 0 Å². The summed E-state index contributed by atoms with van der Waals surface area (Å²) >= 11 is 3.56. The monoisotopic (exact) mass is 269 g/mol. The molecule has 0 aliphatic rings. The summed E-state index contributed by atoms with van der Waals surface area (Å²) in [7, 11) is 0. The van der Waals surface area contributed by atoms with E-state index in [2.05, 4.69) is 67.1 Å². The van der Waals surface area contributed by atoms with Gasteiger partial charge in [0.05, 0.1) is 0 Å². The number of hydrogen-bond acceptors (Lipinski definition) is 1. The molecule has 1 nitrogen and oxygen atoms in total. The van der Waals surface area contributed by atoms with Gasteiger partial charge < -0.3 is 5.32 Å². The molecular weight excluding hydrogens is 250 g/mol. The van der Waals surface area contributed by atoms with Gasteiger partial charge in [-0.05, 0) is 24.0 Å². The van der Waals surface area contributed by atoms with E-state index in [0.29, 0.717) is 11.5 Å². The van der Waals surface area contributed by atoms with Crippen LogP contribution in [0.25, 0.3) is 0 Å². The average Bonchev–Trinajstić information content (AvgIpc) is 2.14. The van der Waals surface area contributed by atoms with E-state index in [1.54, 1.807) is 0 Å². The predicted molar refractivity (Wildman–Crippen MR) is 69.9 cm³/mol. The van der Waals surface area contributed by atoms with Crippen molar-refractivity contribution in [3.63, 3.8) is 0 Å². The molecule has 0 spiro atoms. The van der Waals surface area contributed by atoms with E-state index in [9.17, 15) is 0 Å². The minimum Gasteiger partial charge on any atom is -0.310 e. The maximum atomic E-state index is 3.56. The van der Waals surface area contributed by atoms with Gasteiger partial charge in [0.2, 0.25) is 0 Å². The van der Waals surface area contributed by atoms with Crippen molar-refractivity contribution in [2.45, 2.75) is 40.3 Å². The van der Waals surface area contributed by atoms with Crippen LogP contribution in [0, 0.1) is 5.41 Å². The van der Waals surface area contributed by atoms with Crippen molar-refractivity contribution in [3.05, 3.63) is 34.3 Å². The zero-order chi connectivity index (χ0) is 11.5. The number of rotatable bonds is 3. The van der Waals surface area contributed by atoms with E-state index in [4.69, 9.17) is 0 Å². The SMILES string of the molecule is CC(NCc1ccccc1Br)C(C)(C)C. The predicted octanol–water partition coefficient (Wildman–Crippen LogP) is 3.97. The van der Waals surface area contributed by atoms with Crippen LogP contribution < -0.4 is 5.32 Å². The Kier molecular flexibility index (Phi) is 4.35. The first kappa shape index (κ1) is 12.7. The summed E-state index contributed by atoms with van der Waals surface area (Å²) in [6.45, 7) is 9.91. The van der Waals surface area contributed by atoms with E-state index in [0.717, 1.165) is 6.54 Å². The van der Waals surface area contributed by atoms with Crippen LogP contribution in [0.1, 0.15) is 33.3 Å². The van der Waals surface area contributed by atoms with Gasteiger partial charge in [-0.1, -0.05) is 54.9 Å². The Hall–Kier alpha value is -0.340. The van der Waals surface area contributed by atoms with Gasteiger partial charge in [-0.15, -0.1) is 0 Å². The highest BCUT2D eigenvalue weighted by molar-refractivity contribution is 9.10. The molecule has 15 heavy (non-hydrogen) atoms. The first-order valence-corrected chi connectivity index (χ1v) is 6.17. The fraction of sp³-hybridized carbons (Fsp3) is 0.538. The molecule has 84 valence electrons.